The molecular weight excluding hydrogens is 448 g/mol. The highest BCUT2D eigenvalue weighted by Gasteiger charge is 2.24. The monoisotopic (exact) mass is 463 g/mol. The Labute approximate surface area is 155 Å². The zero-order chi connectivity index (χ0) is 18.6. The summed E-state index contributed by atoms with van der Waals surface area (Å²) in [4.78, 5) is 32.3. The van der Waals surface area contributed by atoms with E-state index in [1.165, 1.54) is 23.7 Å². The number of hydrogen-bond acceptors (Lipinski definition) is 6. The van der Waals surface area contributed by atoms with E-state index in [1.54, 1.807) is 6.07 Å². The van der Waals surface area contributed by atoms with Crippen molar-refractivity contribution in [3.63, 3.8) is 0 Å². The largest absolute Gasteiger partial charge is 0.394 e. The Morgan fingerprint density at radius 2 is 2.20 bits per heavy atom. The Hall–Kier alpha value is -2.25. The van der Waals surface area contributed by atoms with Gasteiger partial charge in [0.1, 0.15) is 11.6 Å². The van der Waals surface area contributed by atoms with Crippen LogP contribution in [0.3, 0.4) is 0 Å². The predicted molar refractivity (Wildman–Crippen MR) is 94.6 cm³/mol. The van der Waals surface area contributed by atoms with Gasteiger partial charge in [-0.2, -0.15) is 0 Å². The minimum atomic E-state index is -0.857. The molecule has 0 saturated heterocycles. The van der Waals surface area contributed by atoms with Crippen molar-refractivity contribution in [2.45, 2.75) is 0 Å². The number of carbonyl (C=O) groups is 2. The normalized spacial score (nSPS) is 10.6. The average molecular weight is 463 g/mol. The summed E-state index contributed by atoms with van der Waals surface area (Å²) in [5, 5.41) is 11.4. The summed E-state index contributed by atoms with van der Waals surface area (Å²) in [6.07, 6.45) is 0. The lowest BCUT2D eigenvalue weighted by molar-refractivity contribution is 0.0165. The number of anilines is 2. The van der Waals surface area contributed by atoms with Crippen LogP contribution in [0.15, 0.2) is 18.2 Å². The number of amides is 2. The predicted octanol–water partition coefficient (Wildman–Crippen LogP) is 0.660. The van der Waals surface area contributed by atoms with Crippen LogP contribution < -0.4 is 16.5 Å². The molecule has 0 aliphatic carbocycles. The second-order valence-corrected chi connectivity index (χ2v) is 6.05. The summed E-state index contributed by atoms with van der Waals surface area (Å²) in [6.45, 7) is -0.427. The molecule has 0 unspecified atom stereocenters. The number of imidazole rings is 1. The minimum absolute atomic E-state index is 0.0546. The summed E-state index contributed by atoms with van der Waals surface area (Å²) in [5.41, 5.74) is 7.18. The topological polar surface area (TPSA) is 132 Å². The molecule has 0 atom stereocenters. The number of aromatic nitrogens is 2. The van der Waals surface area contributed by atoms with E-state index < -0.39 is 17.6 Å². The van der Waals surface area contributed by atoms with E-state index in [1.807, 2.05) is 22.6 Å². The van der Waals surface area contributed by atoms with Gasteiger partial charge in [0.25, 0.3) is 11.8 Å². The molecule has 0 fully saturated rings. The minimum Gasteiger partial charge on any atom is -0.394 e. The fraction of sp³-hybridized carbons (Fsp3) is 0.214. The highest BCUT2D eigenvalue weighted by molar-refractivity contribution is 14.1. The van der Waals surface area contributed by atoms with Gasteiger partial charge in [-0.05, 0) is 40.8 Å². The van der Waals surface area contributed by atoms with Crippen LogP contribution in [0.5, 0.6) is 0 Å². The number of nitrogens with two attached hydrogens (primary N) is 1. The molecule has 2 rings (SSSR count). The highest BCUT2D eigenvalue weighted by atomic mass is 127. The van der Waals surface area contributed by atoms with Gasteiger partial charge in [-0.1, -0.05) is 0 Å². The third kappa shape index (κ3) is 4.43. The molecular formula is C14H15FIN5O4. The van der Waals surface area contributed by atoms with Gasteiger partial charge in [0.2, 0.25) is 5.82 Å². The number of carbonyl (C=O) groups excluding carboxylic acids is 2. The Morgan fingerprint density at radius 3 is 2.80 bits per heavy atom. The van der Waals surface area contributed by atoms with Gasteiger partial charge in [0, 0.05) is 10.6 Å². The number of aliphatic hydroxyl groups excluding tert-OH is 1. The van der Waals surface area contributed by atoms with Crippen LogP contribution in [0.25, 0.3) is 0 Å². The zero-order valence-corrected chi connectivity index (χ0v) is 15.2. The maximum atomic E-state index is 14.1. The SMILES string of the molecule is Cn1c(C(N)=O)nc(C(=O)NOCCO)c1Nc1ccc(I)cc1F. The number of hydroxylamine groups is 1. The molecule has 0 aliphatic heterocycles. The van der Waals surface area contributed by atoms with Gasteiger partial charge in [0.15, 0.2) is 5.69 Å². The van der Waals surface area contributed by atoms with Crippen LogP contribution in [-0.4, -0.2) is 39.7 Å². The molecule has 0 radical (unpaired) electrons. The van der Waals surface area contributed by atoms with Crippen molar-refractivity contribution < 1.29 is 23.9 Å². The van der Waals surface area contributed by atoms with Crippen LogP contribution in [-0.2, 0) is 11.9 Å². The van der Waals surface area contributed by atoms with Gasteiger partial charge in [-0.25, -0.2) is 14.9 Å². The number of aliphatic hydroxyl groups is 1. The number of halogens is 2. The lowest BCUT2D eigenvalue weighted by Gasteiger charge is -2.11. The fourth-order valence-electron chi connectivity index (χ4n) is 1.95. The van der Waals surface area contributed by atoms with E-state index in [0.717, 1.165) is 0 Å². The van der Waals surface area contributed by atoms with Crippen LogP contribution >= 0.6 is 22.6 Å². The maximum absolute atomic E-state index is 14.1. The lowest BCUT2D eigenvalue weighted by Crippen LogP contribution is -2.26. The van der Waals surface area contributed by atoms with Crippen molar-refractivity contribution in [1.82, 2.24) is 15.0 Å². The van der Waals surface area contributed by atoms with Crippen molar-refractivity contribution in [3.05, 3.63) is 39.1 Å². The highest BCUT2D eigenvalue weighted by Crippen LogP contribution is 2.25. The van der Waals surface area contributed by atoms with Crippen LogP contribution in [0.4, 0.5) is 15.9 Å². The molecule has 2 amide bonds. The molecule has 0 spiro atoms. The smallest absolute Gasteiger partial charge is 0.297 e. The first-order valence-corrected chi connectivity index (χ1v) is 8.04. The molecule has 2 aromatic rings. The third-order valence-electron chi connectivity index (χ3n) is 3.07. The van der Waals surface area contributed by atoms with Gasteiger partial charge < -0.3 is 20.7 Å². The number of rotatable bonds is 7. The molecule has 0 bridgehead atoms. The van der Waals surface area contributed by atoms with E-state index in [-0.39, 0.29) is 36.2 Å². The van der Waals surface area contributed by atoms with Gasteiger partial charge in [0.05, 0.1) is 18.9 Å². The standard InChI is InChI=1S/C14H15FIN5O4/c1-21-12(18-9-3-2-7(16)6-8(9)15)10(19-13(21)11(17)23)14(24)20-25-5-4-22/h2-3,6,18,22H,4-5H2,1H3,(H2,17,23)(H,20,24). The molecule has 134 valence electrons. The van der Waals surface area contributed by atoms with E-state index in [0.29, 0.717) is 3.57 Å². The van der Waals surface area contributed by atoms with E-state index in [9.17, 15) is 14.0 Å². The number of nitrogens with zero attached hydrogens (tertiary/aromatic N) is 2. The molecule has 5 N–H and O–H groups in total. The number of hydrogen-bond donors (Lipinski definition) is 4. The number of primary amides is 1. The molecule has 9 nitrogen and oxygen atoms in total. The first-order chi connectivity index (χ1) is 11.8. The molecule has 0 saturated carbocycles. The number of nitrogens with one attached hydrogen (secondary N) is 2. The molecule has 1 aromatic heterocycles. The van der Waals surface area contributed by atoms with Crippen molar-refractivity contribution in [3.8, 4) is 0 Å². The van der Waals surface area contributed by atoms with Crippen molar-refractivity contribution in [1.29, 1.82) is 0 Å². The van der Waals surface area contributed by atoms with Gasteiger partial charge >= 0.3 is 0 Å². The summed E-state index contributed by atoms with van der Waals surface area (Å²) in [6, 6.07) is 4.46. The molecule has 1 aromatic carbocycles. The molecule has 11 heteroatoms. The summed E-state index contributed by atoms with van der Waals surface area (Å²) in [7, 11) is 1.45. The number of benzene rings is 1. The van der Waals surface area contributed by atoms with Crippen LogP contribution in [0.1, 0.15) is 21.1 Å². The Bertz CT molecular complexity index is 811. The lowest BCUT2D eigenvalue weighted by atomic mass is 10.3. The molecule has 1 heterocycles. The maximum Gasteiger partial charge on any atom is 0.297 e. The second-order valence-electron chi connectivity index (χ2n) is 4.81. The zero-order valence-electron chi connectivity index (χ0n) is 13.0. The average Bonchev–Trinajstić information content (AvgIpc) is 2.87. The fourth-order valence-corrected chi connectivity index (χ4v) is 2.40. The van der Waals surface area contributed by atoms with E-state index in [2.05, 4.69) is 15.8 Å². The van der Waals surface area contributed by atoms with Crippen molar-refractivity contribution in [2.24, 2.45) is 12.8 Å². The van der Waals surface area contributed by atoms with E-state index >= 15 is 0 Å². The summed E-state index contributed by atoms with van der Waals surface area (Å²) in [5.74, 6) is -2.33. The quantitative estimate of drug-likeness (QED) is 0.271. The molecule has 0 aliphatic rings. The summed E-state index contributed by atoms with van der Waals surface area (Å²) >= 11 is 1.96. The Balaban J connectivity index is 2.40. The van der Waals surface area contributed by atoms with Crippen molar-refractivity contribution >= 4 is 45.9 Å². The Kier molecular flexibility index (Phi) is 6.27. The van der Waals surface area contributed by atoms with Crippen LogP contribution in [0, 0.1) is 9.39 Å². The first-order valence-electron chi connectivity index (χ1n) is 6.96. The van der Waals surface area contributed by atoms with Crippen LogP contribution in [0.2, 0.25) is 0 Å². The second kappa shape index (κ2) is 8.22. The molecule has 25 heavy (non-hydrogen) atoms. The van der Waals surface area contributed by atoms with Crippen molar-refractivity contribution in [2.75, 3.05) is 18.5 Å². The summed E-state index contributed by atoms with van der Waals surface area (Å²) < 4.78 is 16.0. The van der Waals surface area contributed by atoms with E-state index in [4.69, 9.17) is 15.7 Å². The van der Waals surface area contributed by atoms with Gasteiger partial charge in [-0.15, -0.1) is 0 Å². The Morgan fingerprint density at radius 1 is 1.48 bits per heavy atom. The first kappa shape index (κ1) is 19.1. The van der Waals surface area contributed by atoms with Gasteiger partial charge in [-0.3, -0.25) is 14.4 Å². The third-order valence-corrected chi connectivity index (χ3v) is 3.74.